The number of aromatic amines is 1. The summed E-state index contributed by atoms with van der Waals surface area (Å²) < 4.78 is 5.77. The third kappa shape index (κ3) is 4.51. The average Bonchev–Trinajstić information content (AvgIpc) is 3.55. The Bertz CT molecular complexity index is 1510. The van der Waals surface area contributed by atoms with E-state index in [1.807, 2.05) is 12.1 Å². The number of piperazine rings is 1. The van der Waals surface area contributed by atoms with Crippen molar-refractivity contribution in [2.24, 2.45) is 0 Å². The zero-order valence-electron chi connectivity index (χ0n) is 22.2. The lowest BCUT2D eigenvalue weighted by molar-refractivity contribution is -0.126. The number of nitrogens with one attached hydrogen (secondary N) is 2. The molecule has 6 heterocycles. The minimum Gasteiger partial charge on any atom is -0.377 e. The maximum absolute atomic E-state index is 11.8. The van der Waals surface area contributed by atoms with Gasteiger partial charge in [-0.1, -0.05) is 18.7 Å². The van der Waals surface area contributed by atoms with Gasteiger partial charge in [-0.3, -0.25) is 4.79 Å². The van der Waals surface area contributed by atoms with E-state index in [2.05, 4.69) is 64.8 Å². The Morgan fingerprint density at radius 1 is 0.975 bits per heavy atom. The molecule has 0 spiro atoms. The van der Waals surface area contributed by atoms with E-state index >= 15 is 0 Å². The van der Waals surface area contributed by atoms with Crippen LogP contribution in [0.2, 0.25) is 0 Å². The van der Waals surface area contributed by atoms with Gasteiger partial charge in [-0.15, -0.1) is 0 Å². The molecule has 1 aromatic carbocycles. The highest BCUT2D eigenvalue weighted by atomic mass is 16.5. The lowest BCUT2D eigenvalue weighted by Crippen LogP contribution is -2.48. The van der Waals surface area contributed by atoms with Gasteiger partial charge in [-0.2, -0.15) is 0 Å². The van der Waals surface area contributed by atoms with Crippen LogP contribution in [0.25, 0.3) is 22.3 Å². The summed E-state index contributed by atoms with van der Waals surface area (Å²) in [7, 11) is 0. The van der Waals surface area contributed by atoms with E-state index < -0.39 is 0 Å². The van der Waals surface area contributed by atoms with Crippen molar-refractivity contribution in [2.75, 3.05) is 54.5 Å². The molecule has 3 aliphatic rings. The number of carbonyl (C=O) groups is 1. The summed E-state index contributed by atoms with van der Waals surface area (Å²) >= 11 is 0. The molecule has 3 saturated heterocycles. The van der Waals surface area contributed by atoms with Crippen LogP contribution in [0.3, 0.4) is 0 Å². The van der Waals surface area contributed by atoms with Gasteiger partial charge in [0.25, 0.3) is 0 Å². The molecule has 3 fully saturated rings. The van der Waals surface area contributed by atoms with Gasteiger partial charge in [0.1, 0.15) is 17.8 Å². The third-order valence-electron chi connectivity index (χ3n) is 8.06. The quantitative estimate of drug-likeness (QED) is 0.357. The van der Waals surface area contributed by atoms with Gasteiger partial charge in [0, 0.05) is 37.6 Å². The predicted molar refractivity (Wildman–Crippen MR) is 154 cm³/mol. The molecule has 0 radical (unpaired) electrons. The zero-order chi connectivity index (χ0) is 27.1. The van der Waals surface area contributed by atoms with Crippen LogP contribution in [0, 0.1) is 0 Å². The fraction of sp³-hybridized carbons (Fsp3) is 0.345. The lowest BCUT2D eigenvalue weighted by Gasteiger charge is -2.35. The summed E-state index contributed by atoms with van der Waals surface area (Å²) in [5.41, 5.74) is 4.67. The van der Waals surface area contributed by atoms with Crippen molar-refractivity contribution < 1.29 is 9.53 Å². The number of rotatable bonds is 6. The topological polar surface area (TPSA) is 115 Å². The molecule has 11 nitrogen and oxygen atoms in total. The number of benzene rings is 1. The number of carbonyl (C=O) groups excluding carboxylic acids is 1. The van der Waals surface area contributed by atoms with Gasteiger partial charge in [-0.25, -0.2) is 19.9 Å². The molecule has 4 aromatic rings. The Kier molecular flexibility index (Phi) is 6.27. The molecule has 7 rings (SSSR count). The van der Waals surface area contributed by atoms with Crippen LogP contribution in [-0.4, -0.2) is 87.2 Å². The molecular weight excluding hydrogens is 506 g/mol. The zero-order valence-corrected chi connectivity index (χ0v) is 22.2. The number of H-pyrrole nitrogens is 1. The molecule has 3 aromatic heterocycles. The highest BCUT2D eigenvalue weighted by Crippen LogP contribution is 2.37. The van der Waals surface area contributed by atoms with Gasteiger partial charge in [-0.05, 0) is 42.7 Å². The van der Waals surface area contributed by atoms with E-state index in [0.717, 1.165) is 65.5 Å². The van der Waals surface area contributed by atoms with Crippen LogP contribution in [0.15, 0.2) is 61.7 Å². The summed E-state index contributed by atoms with van der Waals surface area (Å²) in [4.78, 5) is 39.9. The predicted octanol–water partition coefficient (Wildman–Crippen LogP) is 3.36. The third-order valence-corrected chi connectivity index (χ3v) is 8.06. The van der Waals surface area contributed by atoms with Crippen LogP contribution >= 0.6 is 0 Å². The van der Waals surface area contributed by atoms with E-state index in [9.17, 15) is 4.79 Å². The average molecular weight is 538 g/mol. The van der Waals surface area contributed by atoms with E-state index in [1.165, 1.54) is 6.08 Å². The first-order valence-electron chi connectivity index (χ1n) is 13.7. The van der Waals surface area contributed by atoms with Gasteiger partial charge >= 0.3 is 0 Å². The van der Waals surface area contributed by atoms with Crippen molar-refractivity contribution in [1.29, 1.82) is 0 Å². The SMILES string of the molecule is C=CC(=O)N1CCN(c2ncc(Nc3ccc(-c4cc5c(N6C7CCC6COC7)ncnc5[nH]4)cc3)cn2)CC1. The fourth-order valence-corrected chi connectivity index (χ4v) is 5.97. The Morgan fingerprint density at radius 3 is 2.40 bits per heavy atom. The Labute approximate surface area is 231 Å². The number of anilines is 4. The van der Waals surface area contributed by atoms with Crippen LogP contribution < -0.4 is 15.1 Å². The Morgan fingerprint density at radius 2 is 1.70 bits per heavy atom. The number of amides is 1. The first-order valence-corrected chi connectivity index (χ1v) is 13.7. The molecule has 0 aliphatic carbocycles. The van der Waals surface area contributed by atoms with Crippen molar-refractivity contribution in [3.05, 3.63) is 61.7 Å². The van der Waals surface area contributed by atoms with E-state index in [-0.39, 0.29) is 5.91 Å². The highest BCUT2D eigenvalue weighted by Gasteiger charge is 2.39. The molecule has 2 bridgehead atoms. The van der Waals surface area contributed by atoms with Gasteiger partial charge in [0.05, 0.1) is 48.8 Å². The first kappa shape index (κ1) is 24.5. The minimum absolute atomic E-state index is 0.0335. The lowest BCUT2D eigenvalue weighted by atomic mass is 10.1. The molecule has 0 saturated carbocycles. The summed E-state index contributed by atoms with van der Waals surface area (Å²) in [6, 6.07) is 11.2. The summed E-state index contributed by atoms with van der Waals surface area (Å²) in [6.45, 7) is 7.75. The largest absolute Gasteiger partial charge is 0.377 e. The van der Waals surface area contributed by atoms with Crippen LogP contribution in [-0.2, 0) is 9.53 Å². The van der Waals surface area contributed by atoms with Gasteiger partial charge < -0.3 is 29.7 Å². The number of morpholine rings is 1. The van der Waals surface area contributed by atoms with Crippen molar-refractivity contribution in [2.45, 2.75) is 24.9 Å². The van der Waals surface area contributed by atoms with Crippen LogP contribution in [0.5, 0.6) is 0 Å². The second-order valence-electron chi connectivity index (χ2n) is 10.5. The molecule has 2 atom stereocenters. The second kappa shape index (κ2) is 10.2. The van der Waals surface area contributed by atoms with Gasteiger partial charge in [0.15, 0.2) is 0 Å². The molecular formula is C29H31N9O2. The van der Waals surface area contributed by atoms with Gasteiger partial charge in [0.2, 0.25) is 11.9 Å². The smallest absolute Gasteiger partial charge is 0.246 e. The molecule has 40 heavy (non-hydrogen) atoms. The maximum atomic E-state index is 11.8. The molecule has 2 N–H and O–H groups in total. The second-order valence-corrected chi connectivity index (χ2v) is 10.5. The van der Waals surface area contributed by atoms with Crippen molar-refractivity contribution in [3.63, 3.8) is 0 Å². The molecule has 2 unspecified atom stereocenters. The van der Waals surface area contributed by atoms with Crippen LogP contribution in [0.4, 0.5) is 23.1 Å². The Hall–Kier alpha value is -4.51. The number of fused-ring (bicyclic) bond motifs is 3. The van der Waals surface area contributed by atoms with Crippen molar-refractivity contribution >= 4 is 40.1 Å². The molecule has 204 valence electrons. The van der Waals surface area contributed by atoms with Crippen LogP contribution in [0.1, 0.15) is 12.8 Å². The number of hydrogen-bond donors (Lipinski definition) is 2. The summed E-state index contributed by atoms with van der Waals surface area (Å²) in [6.07, 6.45) is 8.87. The van der Waals surface area contributed by atoms with E-state index in [4.69, 9.17) is 4.74 Å². The van der Waals surface area contributed by atoms with E-state index in [1.54, 1.807) is 23.6 Å². The molecule has 1 amide bonds. The summed E-state index contributed by atoms with van der Waals surface area (Å²) in [5.74, 6) is 1.63. The number of aromatic nitrogens is 5. The number of ether oxygens (including phenoxy) is 1. The summed E-state index contributed by atoms with van der Waals surface area (Å²) in [5, 5.41) is 4.42. The first-order chi connectivity index (χ1) is 19.7. The number of hydrogen-bond acceptors (Lipinski definition) is 9. The maximum Gasteiger partial charge on any atom is 0.246 e. The minimum atomic E-state index is -0.0335. The van der Waals surface area contributed by atoms with E-state index in [0.29, 0.717) is 44.2 Å². The molecule has 3 aliphatic heterocycles. The number of nitrogens with zero attached hydrogens (tertiary/aromatic N) is 7. The van der Waals surface area contributed by atoms with Crippen molar-refractivity contribution in [3.8, 4) is 11.3 Å². The standard InChI is InChI=1S/C29H31N9O2/c1-2-26(39)36-9-11-37(12-10-36)29-30-14-21(15-31-29)34-20-5-3-19(4-6-20)25-13-24-27(35-25)32-18-33-28(24)38-22-7-8-23(38)17-40-16-22/h2-6,13-15,18,22-23,34H,1,7-12,16-17H2,(H,32,33,35). The highest BCUT2D eigenvalue weighted by molar-refractivity contribution is 5.92. The Balaban J connectivity index is 1.03. The molecule has 11 heteroatoms. The fourth-order valence-electron chi connectivity index (χ4n) is 5.97. The monoisotopic (exact) mass is 537 g/mol. The van der Waals surface area contributed by atoms with Crippen molar-refractivity contribution in [1.82, 2.24) is 29.8 Å². The normalized spacial score (nSPS) is 20.6.